The lowest BCUT2D eigenvalue weighted by Crippen LogP contribution is -2.46. The first-order chi connectivity index (χ1) is 12.2. The predicted molar refractivity (Wildman–Crippen MR) is 111 cm³/mol. The number of hydrogen-bond donors (Lipinski definition) is 2. The summed E-state index contributed by atoms with van der Waals surface area (Å²) < 4.78 is 22.9. The Hall–Kier alpha value is -0.860. The third-order valence-electron chi connectivity index (χ3n) is 4.67. The van der Waals surface area contributed by atoms with Crippen molar-refractivity contribution in [3.8, 4) is 0 Å². The standard InChI is InChI=1S/C18H39N5O2S/c1-6-19-18(20-8-7-10-23(16(2)3)17(4)5)21-9-11-22-12-14-26(24,25)15-13-22/h16-17H,6-15H2,1-5H3,(H2,19,20,21). The highest BCUT2D eigenvalue weighted by Gasteiger charge is 2.20. The minimum atomic E-state index is -2.80. The van der Waals surface area contributed by atoms with E-state index in [1.807, 2.05) is 0 Å². The summed E-state index contributed by atoms with van der Waals surface area (Å²) in [5.74, 6) is 1.41. The van der Waals surface area contributed by atoms with Crippen LogP contribution in [-0.4, -0.2) is 93.6 Å². The molecule has 0 aromatic carbocycles. The number of aliphatic imine (C=N–C) groups is 1. The predicted octanol–water partition coefficient (Wildman–Crippen LogP) is 0.781. The zero-order chi connectivity index (χ0) is 19.6. The van der Waals surface area contributed by atoms with Crippen LogP contribution in [0, 0.1) is 0 Å². The molecule has 1 fully saturated rings. The van der Waals surface area contributed by atoms with Gasteiger partial charge in [-0.1, -0.05) is 0 Å². The summed E-state index contributed by atoms with van der Waals surface area (Å²) in [7, 11) is -2.80. The Labute approximate surface area is 160 Å². The van der Waals surface area contributed by atoms with E-state index in [9.17, 15) is 8.42 Å². The summed E-state index contributed by atoms with van der Waals surface area (Å²) in [6.07, 6.45) is 1.04. The third kappa shape index (κ3) is 9.19. The van der Waals surface area contributed by atoms with Crippen molar-refractivity contribution >= 4 is 15.8 Å². The second kappa shape index (κ2) is 11.8. The molecule has 0 aromatic rings. The molecule has 0 bridgehead atoms. The number of sulfone groups is 1. The van der Waals surface area contributed by atoms with Gasteiger partial charge in [0.1, 0.15) is 0 Å². The van der Waals surface area contributed by atoms with E-state index >= 15 is 0 Å². The Bertz CT molecular complexity index is 498. The van der Waals surface area contributed by atoms with Gasteiger partial charge in [-0.05, 0) is 41.0 Å². The van der Waals surface area contributed by atoms with Crippen molar-refractivity contribution in [3.63, 3.8) is 0 Å². The smallest absolute Gasteiger partial charge is 0.191 e. The fourth-order valence-corrected chi connectivity index (χ4v) is 4.48. The number of nitrogens with one attached hydrogen (secondary N) is 2. The minimum absolute atomic E-state index is 0.281. The fourth-order valence-electron chi connectivity index (χ4n) is 3.20. The van der Waals surface area contributed by atoms with Crippen LogP contribution in [0.4, 0.5) is 0 Å². The molecule has 0 unspecified atom stereocenters. The Kier molecular flexibility index (Phi) is 10.5. The first-order valence-electron chi connectivity index (χ1n) is 9.96. The minimum Gasteiger partial charge on any atom is -0.357 e. The normalized spacial score (nSPS) is 18.7. The monoisotopic (exact) mass is 389 g/mol. The molecule has 7 nitrogen and oxygen atoms in total. The van der Waals surface area contributed by atoms with Crippen molar-refractivity contribution in [2.24, 2.45) is 4.99 Å². The zero-order valence-electron chi connectivity index (χ0n) is 17.3. The molecule has 0 spiro atoms. The van der Waals surface area contributed by atoms with Crippen LogP contribution in [0.1, 0.15) is 41.0 Å². The SMILES string of the molecule is CCNC(=NCCCN(C(C)C)C(C)C)NCCN1CCS(=O)(=O)CC1. The molecular weight excluding hydrogens is 350 g/mol. The Morgan fingerprint density at radius 1 is 1.12 bits per heavy atom. The van der Waals surface area contributed by atoms with Gasteiger partial charge in [0.25, 0.3) is 0 Å². The van der Waals surface area contributed by atoms with E-state index in [-0.39, 0.29) is 11.5 Å². The van der Waals surface area contributed by atoms with Crippen LogP contribution in [0.25, 0.3) is 0 Å². The molecule has 1 aliphatic rings. The molecule has 2 N–H and O–H groups in total. The van der Waals surface area contributed by atoms with Crippen molar-refractivity contribution in [2.75, 3.05) is 57.3 Å². The maximum Gasteiger partial charge on any atom is 0.191 e. The quantitative estimate of drug-likeness (QED) is 0.327. The summed E-state index contributed by atoms with van der Waals surface area (Å²) in [4.78, 5) is 9.34. The van der Waals surface area contributed by atoms with E-state index in [1.165, 1.54) is 0 Å². The van der Waals surface area contributed by atoms with Gasteiger partial charge in [0.15, 0.2) is 15.8 Å². The highest BCUT2D eigenvalue weighted by Crippen LogP contribution is 2.05. The van der Waals surface area contributed by atoms with Crippen molar-refractivity contribution in [1.29, 1.82) is 0 Å². The highest BCUT2D eigenvalue weighted by molar-refractivity contribution is 7.91. The first-order valence-corrected chi connectivity index (χ1v) is 11.8. The van der Waals surface area contributed by atoms with Gasteiger partial charge in [0.2, 0.25) is 0 Å². The lowest BCUT2D eigenvalue weighted by Gasteiger charge is -2.30. The van der Waals surface area contributed by atoms with Crippen LogP contribution in [0.15, 0.2) is 4.99 Å². The maximum atomic E-state index is 11.5. The fraction of sp³-hybridized carbons (Fsp3) is 0.944. The molecule has 1 saturated heterocycles. The first kappa shape index (κ1) is 23.2. The molecule has 8 heteroatoms. The van der Waals surface area contributed by atoms with Crippen molar-refractivity contribution in [2.45, 2.75) is 53.1 Å². The summed E-state index contributed by atoms with van der Waals surface area (Å²) >= 11 is 0. The number of rotatable bonds is 10. The van der Waals surface area contributed by atoms with Crippen molar-refractivity contribution in [3.05, 3.63) is 0 Å². The van der Waals surface area contributed by atoms with Gasteiger partial charge < -0.3 is 10.6 Å². The van der Waals surface area contributed by atoms with Crippen LogP contribution in [0.3, 0.4) is 0 Å². The Morgan fingerprint density at radius 3 is 2.27 bits per heavy atom. The third-order valence-corrected chi connectivity index (χ3v) is 6.28. The molecule has 0 saturated carbocycles. The molecule has 0 radical (unpaired) electrons. The van der Waals surface area contributed by atoms with Crippen LogP contribution in [-0.2, 0) is 9.84 Å². The lowest BCUT2D eigenvalue weighted by atomic mass is 10.2. The van der Waals surface area contributed by atoms with E-state index in [4.69, 9.17) is 0 Å². The molecule has 1 heterocycles. The van der Waals surface area contributed by atoms with E-state index in [0.717, 1.165) is 45.1 Å². The van der Waals surface area contributed by atoms with Gasteiger partial charge in [-0.3, -0.25) is 14.8 Å². The van der Waals surface area contributed by atoms with Crippen LogP contribution < -0.4 is 10.6 Å². The van der Waals surface area contributed by atoms with Crippen LogP contribution >= 0.6 is 0 Å². The molecule has 0 atom stereocenters. The molecule has 154 valence electrons. The van der Waals surface area contributed by atoms with E-state index in [0.29, 0.717) is 25.2 Å². The molecular formula is C18H39N5O2S. The zero-order valence-corrected chi connectivity index (χ0v) is 18.1. The molecule has 0 aliphatic carbocycles. The van der Waals surface area contributed by atoms with E-state index in [1.54, 1.807) is 0 Å². The van der Waals surface area contributed by atoms with Crippen molar-refractivity contribution in [1.82, 2.24) is 20.4 Å². The second-order valence-electron chi connectivity index (χ2n) is 7.46. The summed E-state index contributed by atoms with van der Waals surface area (Å²) in [5, 5.41) is 6.63. The topological polar surface area (TPSA) is 77.0 Å². The van der Waals surface area contributed by atoms with Gasteiger partial charge in [-0.15, -0.1) is 0 Å². The van der Waals surface area contributed by atoms with Gasteiger partial charge in [0, 0.05) is 57.9 Å². The molecule has 0 amide bonds. The summed E-state index contributed by atoms with van der Waals surface area (Å²) in [6.45, 7) is 16.6. The summed E-state index contributed by atoms with van der Waals surface area (Å²) in [6, 6.07) is 1.11. The highest BCUT2D eigenvalue weighted by atomic mass is 32.2. The molecule has 26 heavy (non-hydrogen) atoms. The van der Waals surface area contributed by atoms with Gasteiger partial charge in [0.05, 0.1) is 11.5 Å². The average Bonchev–Trinajstić information content (AvgIpc) is 2.55. The number of hydrogen-bond acceptors (Lipinski definition) is 5. The van der Waals surface area contributed by atoms with Gasteiger partial charge in [-0.2, -0.15) is 0 Å². The summed E-state index contributed by atoms with van der Waals surface area (Å²) in [5.41, 5.74) is 0. The number of nitrogens with zero attached hydrogens (tertiary/aromatic N) is 3. The van der Waals surface area contributed by atoms with Crippen LogP contribution in [0.5, 0.6) is 0 Å². The number of guanidine groups is 1. The lowest BCUT2D eigenvalue weighted by molar-refractivity contribution is 0.174. The van der Waals surface area contributed by atoms with Gasteiger partial charge >= 0.3 is 0 Å². The Morgan fingerprint density at radius 2 is 1.73 bits per heavy atom. The maximum absolute atomic E-state index is 11.5. The van der Waals surface area contributed by atoms with Crippen molar-refractivity contribution < 1.29 is 8.42 Å². The molecule has 0 aromatic heterocycles. The average molecular weight is 390 g/mol. The second-order valence-corrected chi connectivity index (χ2v) is 9.76. The Balaban J connectivity index is 2.32. The largest absolute Gasteiger partial charge is 0.357 e. The van der Waals surface area contributed by atoms with E-state index < -0.39 is 9.84 Å². The molecule has 1 aliphatic heterocycles. The molecule has 1 rings (SSSR count). The van der Waals surface area contributed by atoms with Gasteiger partial charge in [-0.25, -0.2) is 8.42 Å². The van der Waals surface area contributed by atoms with E-state index in [2.05, 4.69) is 60.0 Å². The van der Waals surface area contributed by atoms with Crippen LogP contribution in [0.2, 0.25) is 0 Å².